The molecule has 34 heavy (non-hydrogen) atoms. The molecule has 0 saturated heterocycles. The van der Waals surface area contributed by atoms with Crippen molar-refractivity contribution < 1.29 is 19.1 Å². The number of nitrogens with one attached hydrogen (secondary N) is 1. The summed E-state index contributed by atoms with van der Waals surface area (Å²) < 4.78 is 7.08. The quantitative estimate of drug-likeness (QED) is 0.371. The topological polar surface area (TPSA) is 90.3 Å². The number of hydrogen-bond acceptors (Lipinski definition) is 6. The number of amides is 1. The lowest BCUT2D eigenvalue weighted by atomic mass is 9.84. The summed E-state index contributed by atoms with van der Waals surface area (Å²) in [5.41, 5.74) is 2.79. The lowest BCUT2D eigenvalue weighted by Crippen LogP contribution is -2.21. The third-order valence-electron chi connectivity index (χ3n) is 5.50. The highest BCUT2D eigenvalue weighted by Gasteiger charge is 2.29. The number of ketones is 2. The smallest absolute Gasteiger partial charge is 0.234 e. The van der Waals surface area contributed by atoms with Crippen molar-refractivity contribution >= 4 is 34.9 Å². The molecule has 8 heteroatoms. The van der Waals surface area contributed by atoms with Crippen LogP contribution in [0.3, 0.4) is 0 Å². The summed E-state index contributed by atoms with van der Waals surface area (Å²) in [6, 6.07) is 19.1. The van der Waals surface area contributed by atoms with Crippen molar-refractivity contribution in [3.8, 4) is 11.4 Å². The predicted molar refractivity (Wildman–Crippen MR) is 129 cm³/mol. The van der Waals surface area contributed by atoms with Crippen molar-refractivity contribution in [2.75, 3.05) is 18.2 Å². The number of carbonyl (C=O) groups is 3. The van der Waals surface area contributed by atoms with Gasteiger partial charge in [0.25, 0.3) is 0 Å². The Hall–Kier alpha value is -4.17. The van der Waals surface area contributed by atoms with Crippen LogP contribution in [-0.4, -0.2) is 39.9 Å². The van der Waals surface area contributed by atoms with Crippen molar-refractivity contribution in [1.82, 2.24) is 9.55 Å². The monoisotopic (exact) mass is 469 g/mol. The molecule has 4 aromatic rings. The summed E-state index contributed by atoms with van der Waals surface area (Å²) in [5, 5.41) is 3.48. The Labute approximate surface area is 199 Å². The number of anilines is 1. The van der Waals surface area contributed by atoms with E-state index in [1.54, 1.807) is 55.8 Å². The van der Waals surface area contributed by atoms with Gasteiger partial charge in [-0.05, 0) is 42.5 Å². The first-order valence-electron chi connectivity index (χ1n) is 10.5. The van der Waals surface area contributed by atoms with E-state index in [0.29, 0.717) is 33.1 Å². The highest BCUT2D eigenvalue weighted by Crippen LogP contribution is 2.29. The largest absolute Gasteiger partial charge is 0.497 e. The van der Waals surface area contributed by atoms with Crippen molar-refractivity contribution in [2.45, 2.75) is 5.16 Å². The standard InChI is InChI=1S/C26H19N3O4S/c1-33-18-9-7-17(8-10-18)29-13-12-27-26(29)34-15-23(30)28-16-6-11-21-22(14-16)25(32)20-5-3-2-4-19(20)24(21)31/h2-14H,15H2,1H3,(H,28,30). The summed E-state index contributed by atoms with van der Waals surface area (Å²) in [5.74, 6) is 0.219. The number of hydrogen-bond donors (Lipinski definition) is 1. The number of methoxy groups -OCH3 is 1. The van der Waals surface area contributed by atoms with Gasteiger partial charge in [0.2, 0.25) is 5.91 Å². The van der Waals surface area contributed by atoms with Gasteiger partial charge >= 0.3 is 0 Å². The van der Waals surface area contributed by atoms with E-state index in [2.05, 4.69) is 10.3 Å². The van der Waals surface area contributed by atoms with Gasteiger partial charge in [-0.25, -0.2) is 4.98 Å². The maximum atomic E-state index is 12.9. The summed E-state index contributed by atoms with van der Waals surface area (Å²) >= 11 is 1.29. The van der Waals surface area contributed by atoms with E-state index in [1.165, 1.54) is 11.8 Å². The Morgan fingerprint density at radius 1 is 0.941 bits per heavy atom. The van der Waals surface area contributed by atoms with Gasteiger partial charge in [-0.1, -0.05) is 36.0 Å². The summed E-state index contributed by atoms with van der Waals surface area (Å²) in [6.45, 7) is 0. The van der Waals surface area contributed by atoms with Crippen molar-refractivity contribution in [2.24, 2.45) is 0 Å². The van der Waals surface area contributed by atoms with Crippen LogP contribution >= 0.6 is 11.8 Å². The van der Waals surface area contributed by atoms with E-state index in [1.807, 2.05) is 35.0 Å². The molecular formula is C26H19N3O4S. The fourth-order valence-corrected chi connectivity index (χ4v) is 4.61. The molecule has 0 aliphatic heterocycles. The Bertz CT molecular complexity index is 1430. The van der Waals surface area contributed by atoms with Crippen LogP contribution in [-0.2, 0) is 4.79 Å². The molecule has 0 fully saturated rings. The molecule has 1 aliphatic rings. The highest BCUT2D eigenvalue weighted by molar-refractivity contribution is 7.99. The molecule has 1 amide bonds. The van der Waals surface area contributed by atoms with Crippen LogP contribution in [0.25, 0.3) is 5.69 Å². The second-order valence-corrected chi connectivity index (χ2v) is 8.52. The molecule has 5 rings (SSSR count). The number of aromatic nitrogens is 2. The van der Waals surface area contributed by atoms with Gasteiger partial charge in [0.05, 0.1) is 12.9 Å². The average Bonchev–Trinajstić information content (AvgIpc) is 3.35. The maximum Gasteiger partial charge on any atom is 0.234 e. The molecule has 0 radical (unpaired) electrons. The first-order chi connectivity index (χ1) is 16.5. The molecule has 0 spiro atoms. The normalized spacial score (nSPS) is 12.1. The molecular weight excluding hydrogens is 450 g/mol. The van der Waals surface area contributed by atoms with Crippen molar-refractivity contribution in [3.05, 3.63) is 101 Å². The first-order valence-corrected chi connectivity index (χ1v) is 11.5. The van der Waals surface area contributed by atoms with Crippen LogP contribution in [0.2, 0.25) is 0 Å². The SMILES string of the molecule is COc1ccc(-n2ccnc2SCC(=O)Nc2ccc3c(c2)C(=O)c2ccccc2C3=O)cc1. The molecule has 1 heterocycles. The number of carbonyl (C=O) groups excluding carboxylic acids is 3. The average molecular weight is 470 g/mol. The zero-order valence-electron chi connectivity index (χ0n) is 18.1. The zero-order chi connectivity index (χ0) is 23.7. The van der Waals surface area contributed by atoms with Crippen molar-refractivity contribution in [3.63, 3.8) is 0 Å². The van der Waals surface area contributed by atoms with E-state index in [-0.39, 0.29) is 23.2 Å². The molecule has 7 nitrogen and oxygen atoms in total. The van der Waals surface area contributed by atoms with Gasteiger partial charge in [0.15, 0.2) is 16.7 Å². The second-order valence-electron chi connectivity index (χ2n) is 7.58. The van der Waals surface area contributed by atoms with Gasteiger partial charge in [0, 0.05) is 46.0 Å². The van der Waals surface area contributed by atoms with Crippen LogP contribution in [0.15, 0.2) is 84.3 Å². The summed E-state index contributed by atoms with van der Waals surface area (Å²) in [4.78, 5) is 42.6. The van der Waals surface area contributed by atoms with Gasteiger partial charge < -0.3 is 10.1 Å². The lowest BCUT2D eigenvalue weighted by molar-refractivity contribution is -0.113. The number of imidazole rings is 1. The molecule has 0 atom stereocenters. The molecule has 0 unspecified atom stereocenters. The number of fused-ring (bicyclic) bond motifs is 2. The molecule has 1 N–H and O–H groups in total. The van der Waals surface area contributed by atoms with Crippen LogP contribution < -0.4 is 10.1 Å². The Morgan fingerprint density at radius 3 is 2.32 bits per heavy atom. The Kier molecular flexibility index (Phi) is 5.73. The van der Waals surface area contributed by atoms with Crippen LogP contribution in [0.4, 0.5) is 5.69 Å². The third-order valence-corrected chi connectivity index (χ3v) is 6.47. The molecule has 1 aromatic heterocycles. The number of ether oxygens (including phenoxy) is 1. The Morgan fingerprint density at radius 2 is 1.62 bits per heavy atom. The number of nitrogens with zero attached hydrogens (tertiary/aromatic N) is 2. The number of thioether (sulfide) groups is 1. The minimum Gasteiger partial charge on any atom is -0.497 e. The third kappa shape index (κ3) is 3.99. The van der Waals surface area contributed by atoms with Crippen LogP contribution in [0, 0.1) is 0 Å². The fourth-order valence-electron chi connectivity index (χ4n) is 3.84. The highest BCUT2D eigenvalue weighted by atomic mass is 32.2. The van der Waals surface area contributed by atoms with E-state index < -0.39 is 0 Å². The fraction of sp³-hybridized carbons (Fsp3) is 0.0769. The second kappa shape index (κ2) is 8.99. The number of rotatable bonds is 6. The van der Waals surface area contributed by atoms with Crippen LogP contribution in [0.1, 0.15) is 31.8 Å². The molecule has 1 aliphatic carbocycles. The minimum absolute atomic E-state index is 0.125. The predicted octanol–water partition coefficient (Wildman–Crippen LogP) is 4.39. The molecule has 0 saturated carbocycles. The summed E-state index contributed by atoms with van der Waals surface area (Å²) in [7, 11) is 1.61. The van der Waals surface area contributed by atoms with Gasteiger partial charge in [-0.15, -0.1) is 0 Å². The van der Waals surface area contributed by atoms with Gasteiger partial charge in [-0.3, -0.25) is 19.0 Å². The summed E-state index contributed by atoms with van der Waals surface area (Å²) in [6.07, 6.45) is 3.50. The molecule has 0 bridgehead atoms. The van der Waals surface area contributed by atoms with E-state index in [9.17, 15) is 14.4 Å². The number of benzene rings is 3. The maximum absolute atomic E-state index is 12.9. The lowest BCUT2D eigenvalue weighted by Gasteiger charge is -2.18. The van der Waals surface area contributed by atoms with E-state index >= 15 is 0 Å². The van der Waals surface area contributed by atoms with Crippen molar-refractivity contribution in [1.29, 1.82) is 0 Å². The minimum atomic E-state index is -0.246. The van der Waals surface area contributed by atoms with E-state index in [4.69, 9.17) is 4.74 Å². The Balaban J connectivity index is 1.28. The zero-order valence-corrected chi connectivity index (χ0v) is 19.0. The van der Waals surface area contributed by atoms with Crippen LogP contribution in [0.5, 0.6) is 5.75 Å². The van der Waals surface area contributed by atoms with Gasteiger partial charge in [-0.2, -0.15) is 0 Å². The van der Waals surface area contributed by atoms with Gasteiger partial charge in [0.1, 0.15) is 5.75 Å². The van der Waals surface area contributed by atoms with E-state index in [0.717, 1.165) is 11.4 Å². The molecule has 168 valence electrons. The molecule has 3 aromatic carbocycles. The first kappa shape index (κ1) is 21.7.